The Labute approximate surface area is 70.1 Å². The van der Waals surface area contributed by atoms with E-state index in [2.05, 4.69) is 12.8 Å². The summed E-state index contributed by atoms with van der Waals surface area (Å²) in [5, 5.41) is 0. The van der Waals surface area contributed by atoms with Gasteiger partial charge >= 0.3 is 0 Å². The number of unbranched alkanes of at least 4 members (excludes halogenated alkanes) is 2. The second-order valence-electron chi connectivity index (χ2n) is 2.58. The van der Waals surface area contributed by atoms with E-state index < -0.39 is 0 Å². The van der Waals surface area contributed by atoms with Crippen LogP contribution in [0.25, 0.3) is 0 Å². The quantitative estimate of drug-likeness (QED) is 0.421. The summed E-state index contributed by atoms with van der Waals surface area (Å²) in [6.07, 6.45) is 11.4. The molecule has 11 heavy (non-hydrogen) atoms. The number of hydrogen-bond acceptors (Lipinski definition) is 1. The van der Waals surface area contributed by atoms with Crippen LogP contribution in [0, 0.1) is 12.3 Å². The third-order valence-corrected chi connectivity index (χ3v) is 1.60. The summed E-state index contributed by atoms with van der Waals surface area (Å²) in [6, 6.07) is 0. The molecule has 0 rings (SSSR count). The summed E-state index contributed by atoms with van der Waals surface area (Å²) in [5.41, 5.74) is 0. The summed E-state index contributed by atoms with van der Waals surface area (Å²) in [4.78, 5) is 0. The maximum absolute atomic E-state index is 6.92. The van der Waals surface area contributed by atoms with Crippen molar-refractivity contribution in [1.82, 2.24) is 0 Å². The van der Waals surface area contributed by atoms with Gasteiger partial charge in [-0.2, -0.15) is 0 Å². The second-order valence-corrected chi connectivity index (χ2v) is 2.58. The van der Waals surface area contributed by atoms with Crippen molar-refractivity contribution in [3.8, 4) is 5.92 Å². The van der Waals surface area contributed by atoms with Crippen molar-refractivity contribution in [3.63, 3.8) is 0 Å². The summed E-state index contributed by atoms with van der Waals surface area (Å²) >= 11 is 0. The van der Waals surface area contributed by atoms with Crippen LogP contribution < -0.4 is 0 Å². The predicted molar refractivity (Wildman–Crippen MR) is 46.7 cm³/mol. The van der Waals surface area contributed by atoms with Gasteiger partial charge in [0.15, 0.2) is 0 Å². The van der Waals surface area contributed by atoms with E-state index in [0.29, 0.717) is 6.61 Å². The fourth-order valence-electron chi connectivity index (χ4n) is 0.978. The van der Waals surface area contributed by atoms with Crippen molar-refractivity contribution in [2.24, 2.45) is 0 Å². The maximum Gasteiger partial charge on any atom is 0.119 e. The molecule has 0 spiro atoms. The highest BCUT2D eigenvalue weighted by Crippen LogP contribution is 2.05. The SMILES string of the molecule is [C]#CC(CCCCC)OCC. The summed E-state index contributed by atoms with van der Waals surface area (Å²) in [6.45, 7) is 4.80. The van der Waals surface area contributed by atoms with Crippen LogP contribution in [0.15, 0.2) is 0 Å². The first-order chi connectivity index (χ1) is 5.35. The Bertz CT molecular complexity index is 113. The minimum absolute atomic E-state index is 0.0634. The zero-order valence-electron chi connectivity index (χ0n) is 7.52. The molecule has 1 atom stereocenters. The van der Waals surface area contributed by atoms with E-state index >= 15 is 0 Å². The van der Waals surface area contributed by atoms with Gasteiger partial charge in [-0.1, -0.05) is 25.7 Å². The van der Waals surface area contributed by atoms with Crippen molar-refractivity contribution >= 4 is 0 Å². The van der Waals surface area contributed by atoms with Crippen LogP contribution in [-0.4, -0.2) is 12.7 Å². The first-order valence-electron chi connectivity index (χ1n) is 4.39. The third-order valence-electron chi connectivity index (χ3n) is 1.60. The van der Waals surface area contributed by atoms with Gasteiger partial charge in [0.25, 0.3) is 0 Å². The van der Waals surface area contributed by atoms with Gasteiger partial charge in [-0.3, -0.25) is 0 Å². The van der Waals surface area contributed by atoms with Crippen LogP contribution >= 0.6 is 0 Å². The maximum atomic E-state index is 6.92. The van der Waals surface area contributed by atoms with E-state index in [1.165, 1.54) is 12.8 Å². The molecule has 0 heterocycles. The highest BCUT2D eigenvalue weighted by Gasteiger charge is 2.01. The molecule has 0 aromatic carbocycles. The average Bonchev–Trinajstić information content (AvgIpc) is 2.03. The largest absolute Gasteiger partial charge is 0.366 e. The highest BCUT2D eigenvalue weighted by molar-refractivity contribution is 4.88. The molecule has 0 bridgehead atoms. The molecule has 1 heteroatoms. The highest BCUT2D eigenvalue weighted by atomic mass is 16.5. The lowest BCUT2D eigenvalue weighted by molar-refractivity contribution is 0.0948. The van der Waals surface area contributed by atoms with Gasteiger partial charge in [0, 0.05) is 6.61 Å². The van der Waals surface area contributed by atoms with E-state index in [1.54, 1.807) is 0 Å². The molecule has 1 unspecified atom stereocenters. The number of ether oxygens (including phenoxy) is 1. The van der Waals surface area contributed by atoms with E-state index in [9.17, 15) is 0 Å². The zero-order chi connectivity index (χ0) is 8.53. The number of rotatable bonds is 6. The van der Waals surface area contributed by atoms with Crippen molar-refractivity contribution in [2.75, 3.05) is 6.61 Å². The zero-order valence-corrected chi connectivity index (χ0v) is 7.52. The van der Waals surface area contributed by atoms with Gasteiger partial charge in [-0.25, -0.2) is 0 Å². The Morgan fingerprint density at radius 2 is 2.09 bits per heavy atom. The van der Waals surface area contributed by atoms with Gasteiger partial charge in [-0.05, 0) is 26.2 Å². The minimum atomic E-state index is -0.0634. The van der Waals surface area contributed by atoms with Crippen molar-refractivity contribution < 1.29 is 4.74 Å². The Hall–Kier alpha value is -0.480. The van der Waals surface area contributed by atoms with E-state index in [4.69, 9.17) is 11.2 Å². The van der Waals surface area contributed by atoms with Gasteiger partial charge in [0.1, 0.15) is 6.10 Å². The molecule has 0 aliphatic carbocycles. The molecule has 1 radical (unpaired) electrons. The smallest absolute Gasteiger partial charge is 0.119 e. The molecule has 1 nitrogen and oxygen atoms in total. The first-order valence-corrected chi connectivity index (χ1v) is 4.39. The lowest BCUT2D eigenvalue weighted by Crippen LogP contribution is -2.09. The van der Waals surface area contributed by atoms with Gasteiger partial charge in [-0.15, -0.1) is 0 Å². The third kappa shape index (κ3) is 5.94. The van der Waals surface area contributed by atoms with Crippen LogP contribution in [0.2, 0.25) is 0 Å². The van der Waals surface area contributed by atoms with E-state index in [0.717, 1.165) is 12.8 Å². The molecule has 0 N–H and O–H groups in total. The average molecular weight is 153 g/mol. The Morgan fingerprint density at radius 1 is 1.36 bits per heavy atom. The van der Waals surface area contributed by atoms with E-state index in [-0.39, 0.29) is 6.10 Å². The van der Waals surface area contributed by atoms with Crippen LogP contribution in [-0.2, 0) is 4.74 Å². The predicted octanol–water partition coefficient (Wildman–Crippen LogP) is 2.56. The topological polar surface area (TPSA) is 9.23 Å². The van der Waals surface area contributed by atoms with E-state index in [1.807, 2.05) is 6.92 Å². The van der Waals surface area contributed by atoms with Crippen LogP contribution in [0.5, 0.6) is 0 Å². The Morgan fingerprint density at radius 3 is 2.55 bits per heavy atom. The standard InChI is InChI=1S/C10H17O/c1-4-7-8-9-10(5-2)11-6-3/h10H,4,6-9H2,1,3H3. The monoisotopic (exact) mass is 153 g/mol. The van der Waals surface area contributed by atoms with Gasteiger partial charge in [0.2, 0.25) is 0 Å². The molecule has 0 aliphatic heterocycles. The van der Waals surface area contributed by atoms with Crippen molar-refractivity contribution in [3.05, 3.63) is 6.42 Å². The normalized spacial score (nSPS) is 12.5. The molecule has 63 valence electrons. The van der Waals surface area contributed by atoms with Crippen LogP contribution in [0.4, 0.5) is 0 Å². The molecule has 0 saturated heterocycles. The van der Waals surface area contributed by atoms with Crippen molar-refractivity contribution in [1.29, 1.82) is 0 Å². The van der Waals surface area contributed by atoms with Crippen molar-refractivity contribution in [2.45, 2.75) is 45.6 Å². The molecule has 0 fully saturated rings. The van der Waals surface area contributed by atoms with Gasteiger partial charge in [0.05, 0.1) is 0 Å². The molecule has 0 saturated carbocycles. The fourth-order valence-corrected chi connectivity index (χ4v) is 0.978. The summed E-state index contributed by atoms with van der Waals surface area (Å²) in [7, 11) is 0. The summed E-state index contributed by atoms with van der Waals surface area (Å²) < 4.78 is 5.24. The second kappa shape index (κ2) is 7.63. The molecular weight excluding hydrogens is 136 g/mol. The fraction of sp³-hybridized carbons (Fsp3) is 0.800. The lowest BCUT2D eigenvalue weighted by Gasteiger charge is -2.08. The molecule has 0 aromatic heterocycles. The molecule has 0 aromatic rings. The summed E-state index contributed by atoms with van der Waals surface area (Å²) in [5.74, 6) is 2.39. The molecule has 0 aliphatic rings. The first kappa shape index (κ1) is 10.5. The number of hydrogen-bond donors (Lipinski definition) is 0. The Balaban J connectivity index is 3.30. The minimum Gasteiger partial charge on any atom is -0.366 e. The van der Waals surface area contributed by atoms with Crippen LogP contribution in [0.3, 0.4) is 0 Å². The molecular formula is C10H17O. The molecule has 0 amide bonds. The van der Waals surface area contributed by atoms with Gasteiger partial charge < -0.3 is 4.74 Å². The Kier molecular flexibility index (Phi) is 7.29. The van der Waals surface area contributed by atoms with Crippen LogP contribution in [0.1, 0.15) is 39.5 Å². The lowest BCUT2D eigenvalue weighted by atomic mass is 10.1.